The Morgan fingerprint density at radius 3 is 2.59 bits per heavy atom. The van der Waals surface area contributed by atoms with Gasteiger partial charge < -0.3 is 5.73 Å². The number of rotatable bonds is 1. The van der Waals surface area contributed by atoms with Gasteiger partial charge in [-0.05, 0) is 23.1 Å². The van der Waals surface area contributed by atoms with Gasteiger partial charge in [-0.2, -0.15) is 0 Å². The molecule has 1 aliphatic carbocycles. The zero-order chi connectivity index (χ0) is 12.2. The fraction of sp³-hybridized carbons (Fsp3) is 0.357. The lowest BCUT2D eigenvalue weighted by Crippen LogP contribution is -2.06. The predicted molar refractivity (Wildman–Crippen MR) is 71.3 cm³/mol. The second kappa shape index (κ2) is 3.44. The Kier molecular flexibility index (Phi) is 2.22. The van der Waals surface area contributed by atoms with Crippen molar-refractivity contribution in [3.05, 3.63) is 41.0 Å². The molecule has 2 unspecified atom stereocenters. The van der Waals surface area contributed by atoms with Crippen LogP contribution in [0, 0.1) is 5.41 Å². The van der Waals surface area contributed by atoms with Gasteiger partial charge in [0.25, 0.3) is 0 Å². The van der Waals surface area contributed by atoms with Crippen LogP contribution >= 0.6 is 11.6 Å². The molecule has 17 heavy (non-hydrogen) atoms. The van der Waals surface area contributed by atoms with Crippen molar-refractivity contribution in [3.8, 4) is 0 Å². The molecule has 2 aromatic rings. The Hall–Kier alpha value is -1.12. The number of halogens is 1. The summed E-state index contributed by atoms with van der Waals surface area (Å²) < 4.78 is 0. The number of hydrogen-bond acceptors (Lipinski definition) is 2. The molecule has 0 spiro atoms. The number of nitrogens with two attached hydrogens (primary N) is 1. The Morgan fingerprint density at radius 1 is 1.29 bits per heavy atom. The number of aromatic nitrogens is 1. The van der Waals surface area contributed by atoms with Gasteiger partial charge in [-0.1, -0.05) is 43.6 Å². The monoisotopic (exact) mass is 246 g/mol. The van der Waals surface area contributed by atoms with Gasteiger partial charge in [0, 0.05) is 17.3 Å². The van der Waals surface area contributed by atoms with Gasteiger partial charge in [0.15, 0.2) is 0 Å². The summed E-state index contributed by atoms with van der Waals surface area (Å²) >= 11 is 6.26. The van der Waals surface area contributed by atoms with Crippen LogP contribution in [-0.4, -0.2) is 11.0 Å². The molecule has 3 rings (SSSR count). The molecule has 0 aliphatic heterocycles. The smallest absolute Gasteiger partial charge is 0.133 e. The van der Waals surface area contributed by atoms with E-state index < -0.39 is 0 Å². The van der Waals surface area contributed by atoms with E-state index in [2.05, 4.69) is 31.0 Å². The quantitative estimate of drug-likeness (QED) is 0.784. The number of hydrogen-bond donors (Lipinski definition) is 1. The summed E-state index contributed by atoms with van der Waals surface area (Å²) in [6.45, 7) is 4.35. The Bertz CT molecular complexity index is 592. The number of para-hydroxylation sites is 1. The third-order valence-corrected chi connectivity index (χ3v) is 4.25. The summed E-state index contributed by atoms with van der Waals surface area (Å²) in [4.78, 5) is 4.45. The van der Waals surface area contributed by atoms with Crippen LogP contribution < -0.4 is 5.73 Å². The lowest BCUT2D eigenvalue weighted by atomic mass is 10.0. The fourth-order valence-electron chi connectivity index (χ4n) is 2.60. The van der Waals surface area contributed by atoms with E-state index in [9.17, 15) is 0 Å². The molecule has 2 atom stereocenters. The Morgan fingerprint density at radius 2 is 1.94 bits per heavy atom. The van der Waals surface area contributed by atoms with E-state index in [0.717, 1.165) is 16.5 Å². The van der Waals surface area contributed by atoms with Gasteiger partial charge in [-0.3, -0.25) is 0 Å². The van der Waals surface area contributed by atoms with Crippen LogP contribution in [0.2, 0.25) is 5.15 Å². The minimum atomic E-state index is 0.133. The zero-order valence-electron chi connectivity index (χ0n) is 9.94. The van der Waals surface area contributed by atoms with Crippen LogP contribution in [0.3, 0.4) is 0 Å². The number of fused-ring (bicyclic) bond motifs is 1. The largest absolute Gasteiger partial charge is 0.327 e. The molecule has 0 bridgehead atoms. The van der Waals surface area contributed by atoms with Crippen LogP contribution in [0.15, 0.2) is 30.3 Å². The lowest BCUT2D eigenvalue weighted by Gasteiger charge is -2.07. The maximum absolute atomic E-state index is 6.26. The van der Waals surface area contributed by atoms with Gasteiger partial charge in [0.1, 0.15) is 5.15 Å². The number of nitrogens with zero attached hydrogens (tertiary/aromatic N) is 1. The fourth-order valence-corrected chi connectivity index (χ4v) is 2.86. The summed E-state index contributed by atoms with van der Waals surface area (Å²) in [5, 5.41) is 1.72. The topological polar surface area (TPSA) is 38.9 Å². The van der Waals surface area contributed by atoms with E-state index in [1.165, 1.54) is 0 Å². The van der Waals surface area contributed by atoms with E-state index in [-0.39, 0.29) is 11.5 Å². The average molecular weight is 247 g/mol. The first-order valence-corrected chi connectivity index (χ1v) is 6.20. The standard InChI is InChI=1S/C14H15ClN2/c1-14(2)11(12(14)16)9-7-8-5-3-4-6-10(8)17-13(9)15/h3-7,11-12H,16H2,1-2H3. The summed E-state index contributed by atoms with van der Waals surface area (Å²) in [6.07, 6.45) is 0. The van der Waals surface area contributed by atoms with Gasteiger partial charge in [-0.15, -0.1) is 0 Å². The highest BCUT2D eigenvalue weighted by molar-refractivity contribution is 6.30. The van der Waals surface area contributed by atoms with Gasteiger partial charge >= 0.3 is 0 Å². The molecule has 0 amide bonds. The highest BCUT2D eigenvalue weighted by atomic mass is 35.5. The van der Waals surface area contributed by atoms with E-state index in [0.29, 0.717) is 11.1 Å². The molecule has 1 heterocycles. The van der Waals surface area contributed by atoms with E-state index >= 15 is 0 Å². The predicted octanol–water partition coefficient (Wildman–Crippen LogP) is 3.34. The molecule has 1 aromatic carbocycles. The maximum atomic E-state index is 6.26. The molecule has 1 saturated carbocycles. The zero-order valence-corrected chi connectivity index (χ0v) is 10.7. The summed E-state index contributed by atoms with van der Waals surface area (Å²) in [6, 6.07) is 10.3. The first-order valence-electron chi connectivity index (χ1n) is 5.82. The second-order valence-corrected chi connectivity index (χ2v) is 5.74. The Labute approximate surface area is 106 Å². The molecular weight excluding hydrogens is 232 g/mol. The lowest BCUT2D eigenvalue weighted by molar-refractivity contribution is 0.599. The second-order valence-electron chi connectivity index (χ2n) is 5.39. The van der Waals surface area contributed by atoms with Gasteiger partial charge in [0.2, 0.25) is 0 Å². The van der Waals surface area contributed by atoms with E-state index in [1.807, 2.05) is 18.2 Å². The molecule has 2 nitrogen and oxygen atoms in total. The molecule has 2 N–H and O–H groups in total. The highest BCUT2D eigenvalue weighted by Gasteiger charge is 2.57. The van der Waals surface area contributed by atoms with Crippen molar-refractivity contribution in [2.24, 2.45) is 11.1 Å². The summed E-state index contributed by atoms with van der Waals surface area (Å²) in [5.74, 6) is 0.326. The third-order valence-electron chi connectivity index (χ3n) is 3.95. The first kappa shape index (κ1) is 11.0. The van der Waals surface area contributed by atoms with Crippen molar-refractivity contribution in [3.63, 3.8) is 0 Å². The van der Waals surface area contributed by atoms with Crippen molar-refractivity contribution >= 4 is 22.5 Å². The molecule has 1 aromatic heterocycles. The van der Waals surface area contributed by atoms with Crippen LogP contribution in [0.25, 0.3) is 10.9 Å². The number of pyridine rings is 1. The Balaban J connectivity index is 2.15. The van der Waals surface area contributed by atoms with Crippen molar-refractivity contribution in [1.82, 2.24) is 4.98 Å². The first-order chi connectivity index (χ1) is 8.01. The molecular formula is C14H15ClN2. The van der Waals surface area contributed by atoms with Crippen LogP contribution in [0.1, 0.15) is 25.3 Å². The van der Waals surface area contributed by atoms with Crippen molar-refractivity contribution in [2.45, 2.75) is 25.8 Å². The molecule has 0 saturated heterocycles. The molecule has 3 heteroatoms. The van der Waals surface area contributed by atoms with Crippen LogP contribution in [0.5, 0.6) is 0 Å². The minimum absolute atomic E-state index is 0.133. The molecule has 0 radical (unpaired) electrons. The molecule has 88 valence electrons. The van der Waals surface area contributed by atoms with Crippen molar-refractivity contribution < 1.29 is 0 Å². The highest BCUT2D eigenvalue weighted by Crippen LogP contribution is 2.58. The number of benzene rings is 1. The normalized spacial score (nSPS) is 26.1. The summed E-state index contributed by atoms with van der Waals surface area (Å²) in [5.41, 5.74) is 8.26. The average Bonchev–Trinajstić information content (AvgIpc) is 2.77. The maximum Gasteiger partial charge on any atom is 0.133 e. The summed E-state index contributed by atoms with van der Waals surface area (Å²) in [7, 11) is 0. The molecule has 1 fully saturated rings. The van der Waals surface area contributed by atoms with Crippen LogP contribution in [-0.2, 0) is 0 Å². The van der Waals surface area contributed by atoms with Gasteiger partial charge in [-0.25, -0.2) is 4.98 Å². The van der Waals surface area contributed by atoms with Crippen LogP contribution in [0.4, 0.5) is 0 Å². The van der Waals surface area contributed by atoms with Crippen molar-refractivity contribution in [2.75, 3.05) is 0 Å². The minimum Gasteiger partial charge on any atom is -0.327 e. The van der Waals surface area contributed by atoms with E-state index in [1.54, 1.807) is 0 Å². The van der Waals surface area contributed by atoms with E-state index in [4.69, 9.17) is 17.3 Å². The van der Waals surface area contributed by atoms with Crippen molar-refractivity contribution in [1.29, 1.82) is 0 Å². The SMILES string of the molecule is CC1(C)C(N)C1c1cc2ccccc2nc1Cl. The molecule has 1 aliphatic rings. The van der Waals surface area contributed by atoms with Gasteiger partial charge in [0.05, 0.1) is 5.52 Å². The third kappa shape index (κ3) is 1.55.